The van der Waals surface area contributed by atoms with E-state index in [-0.39, 0.29) is 5.91 Å². The Labute approximate surface area is 119 Å². The van der Waals surface area contributed by atoms with E-state index in [1.165, 1.54) is 11.3 Å². The topological polar surface area (TPSA) is 86.5 Å². The van der Waals surface area contributed by atoms with Crippen molar-refractivity contribution in [1.29, 1.82) is 0 Å². The van der Waals surface area contributed by atoms with E-state index < -0.39 is 5.79 Å². The van der Waals surface area contributed by atoms with Crippen LogP contribution in [-0.2, 0) is 0 Å². The van der Waals surface area contributed by atoms with E-state index in [1.54, 1.807) is 23.6 Å². The Kier molecular flexibility index (Phi) is 2.79. The molecule has 0 aliphatic carbocycles. The van der Waals surface area contributed by atoms with Crippen molar-refractivity contribution >= 4 is 28.1 Å². The van der Waals surface area contributed by atoms with Crippen LogP contribution in [0.4, 0.5) is 10.8 Å². The van der Waals surface area contributed by atoms with Crippen LogP contribution in [0.5, 0.6) is 11.5 Å². The molecule has 1 aromatic carbocycles. The molecule has 104 valence electrons. The minimum absolute atomic E-state index is 0.297. The molecular weight excluding hydrogens is 278 g/mol. The molecule has 0 unspecified atom stereocenters. The molecule has 1 amide bonds. The predicted octanol–water partition coefficient (Wildman–Crippen LogP) is 2.48. The number of fused-ring (bicyclic) bond motifs is 1. The highest BCUT2D eigenvalue weighted by Crippen LogP contribution is 2.40. The first-order valence-corrected chi connectivity index (χ1v) is 6.85. The maximum atomic E-state index is 12.0. The predicted molar refractivity (Wildman–Crippen MR) is 76.3 cm³/mol. The van der Waals surface area contributed by atoms with Gasteiger partial charge in [-0.25, -0.2) is 4.98 Å². The fraction of sp³-hybridized carbons (Fsp3) is 0.231. The van der Waals surface area contributed by atoms with Crippen molar-refractivity contribution in [2.75, 3.05) is 11.1 Å². The third-order valence-corrected chi connectivity index (χ3v) is 3.34. The van der Waals surface area contributed by atoms with Crippen LogP contribution in [0.1, 0.15) is 24.3 Å². The summed E-state index contributed by atoms with van der Waals surface area (Å²) in [6, 6.07) is 5.23. The third kappa shape index (κ3) is 2.39. The molecule has 0 spiro atoms. The number of hydrogen-bond acceptors (Lipinski definition) is 6. The molecule has 7 heteroatoms. The molecule has 2 heterocycles. The van der Waals surface area contributed by atoms with Crippen molar-refractivity contribution in [3.8, 4) is 11.5 Å². The number of nitrogens with one attached hydrogen (secondary N) is 1. The van der Waals surface area contributed by atoms with Gasteiger partial charge in [-0.05, 0) is 12.1 Å². The monoisotopic (exact) mass is 291 g/mol. The van der Waals surface area contributed by atoms with Gasteiger partial charge in [0.05, 0.1) is 0 Å². The summed E-state index contributed by atoms with van der Waals surface area (Å²) < 4.78 is 11.2. The van der Waals surface area contributed by atoms with Gasteiger partial charge in [0.1, 0.15) is 5.69 Å². The molecule has 2 aromatic rings. The summed E-state index contributed by atoms with van der Waals surface area (Å²) in [5, 5.41) is 4.72. The highest BCUT2D eigenvalue weighted by atomic mass is 32.1. The van der Waals surface area contributed by atoms with Gasteiger partial charge in [-0.15, -0.1) is 11.3 Å². The standard InChI is InChI=1S/C13H13N3O3S/c1-13(2)18-9-4-3-7(5-10(9)19-13)15-11(17)8-6-20-12(14)16-8/h3-6H,1-2H3,(H2,14,16)(H,15,17). The number of amides is 1. The number of hydrogen-bond donors (Lipinski definition) is 2. The van der Waals surface area contributed by atoms with Crippen molar-refractivity contribution in [1.82, 2.24) is 4.98 Å². The van der Waals surface area contributed by atoms with Gasteiger partial charge in [-0.2, -0.15) is 0 Å². The van der Waals surface area contributed by atoms with E-state index in [2.05, 4.69) is 10.3 Å². The van der Waals surface area contributed by atoms with Crippen LogP contribution < -0.4 is 20.5 Å². The van der Waals surface area contributed by atoms with Crippen molar-refractivity contribution in [2.45, 2.75) is 19.6 Å². The number of nitrogen functional groups attached to an aromatic ring is 1. The number of aromatic nitrogens is 1. The van der Waals surface area contributed by atoms with E-state index in [9.17, 15) is 4.79 Å². The number of nitrogens with zero attached hydrogens (tertiary/aromatic N) is 1. The molecule has 6 nitrogen and oxygen atoms in total. The van der Waals surface area contributed by atoms with E-state index in [1.807, 2.05) is 13.8 Å². The third-order valence-electron chi connectivity index (χ3n) is 2.67. The maximum Gasteiger partial charge on any atom is 0.275 e. The van der Waals surface area contributed by atoms with Crippen LogP contribution in [0.3, 0.4) is 0 Å². The molecule has 0 fully saturated rings. The van der Waals surface area contributed by atoms with Gasteiger partial charge in [0.25, 0.3) is 5.91 Å². The summed E-state index contributed by atoms with van der Waals surface area (Å²) in [4.78, 5) is 15.9. The smallest absolute Gasteiger partial charge is 0.275 e. The molecule has 1 aromatic heterocycles. The minimum atomic E-state index is -0.686. The average Bonchev–Trinajstić information content (AvgIpc) is 2.90. The summed E-state index contributed by atoms with van der Waals surface area (Å²) >= 11 is 1.22. The molecule has 0 saturated heterocycles. The Balaban J connectivity index is 1.78. The van der Waals surface area contributed by atoms with Gasteiger partial charge >= 0.3 is 0 Å². The molecule has 3 rings (SSSR count). The summed E-state index contributed by atoms with van der Waals surface area (Å²) in [5.41, 5.74) is 6.41. The van der Waals surface area contributed by atoms with Crippen LogP contribution in [0.2, 0.25) is 0 Å². The van der Waals surface area contributed by atoms with Gasteiger partial charge in [-0.3, -0.25) is 4.79 Å². The quantitative estimate of drug-likeness (QED) is 0.887. The van der Waals surface area contributed by atoms with E-state index in [0.717, 1.165) is 0 Å². The Morgan fingerprint density at radius 2 is 2.10 bits per heavy atom. The molecule has 20 heavy (non-hydrogen) atoms. The zero-order chi connectivity index (χ0) is 14.3. The lowest BCUT2D eigenvalue weighted by Crippen LogP contribution is -2.29. The number of benzene rings is 1. The molecule has 3 N–H and O–H groups in total. The Morgan fingerprint density at radius 3 is 2.80 bits per heavy atom. The van der Waals surface area contributed by atoms with Crippen molar-refractivity contribution < 1.29 is 14.3 Å². The summed E-state index contributed by atoms with van der Waals surface area (Å²) in [6.45, 7) is 3.65. The van der Waals surface area contributed by atoms with Crippen molar-refractivity contribution in [2.24, 2.45) is 0 Å². The number of nitrogens with two attached hydrogens (primary N) is 1. The fourth-order valence-corrected chi connectivity index (χ4v) is 2.43. The van der Waals surface area contributed by atoms with Gasteiger partial charge < -0.3 is 20.5 Å². The molecule has 0 bridgehead atoms. The van der Waals surface area contributed by atoms with Crippen LogP contribution in [-0.4, -0.2) is 16.7 Å². The van der Waals surface area contributed by atoms with Crippen molar-refractivity contribution in [3.05, 3.63) is 29.3 Å². The number of carbonyl (C=O) groups excluding carboxylic acids is 1. The number of ether oxygens (including phenoxy) is 2. The Bertz CT molecular complexity index is 681. The normalized spacial score (nSPS) is 15.1. The van der Waals surface area contributed by atoms with Gasteiger partial charge in [0.15, 0.2) is 16.6 Å². The van der Waals surface area contributed by atoms with Crippen molar-refractivity contribution in [3.63, 3.8) is 0 Å². The van der Waals surface area contributed by atoms with Crippen LogP contribution in [0.15, 0.2) is 23.6 Å². The van der Waals surface area contributed by atoms with Crippen LogP contribution in [0, 0.1) is 0 Å². The highest BCUT2D eigenvalue weighted by Gasteiger charge is 2.31. The summed E-state index contributed by atoms with van der Waals surface area (Å²) in [6.07, 6.45) is 0. The lowest BCUT2D eigenvalue weighted by molar-refractivity contribution is -0.0431. The molecular formula is C13H13N3O3S. The first kappa shape index (κ1) is 12.7. The molecule has 1 aliphatic rings. The van der Waals surface area contributed by atoms with Crippen LogP contribution in [0.25, 0.3) is 0 Å². The first-order chi connectivity index (χ1) is 9.43. The largest absolute Gasteiger partial charge is 0.449 e. The lowest BCUT2D eigenvalue weighted by Gasteiger charge is -2.16. The van der Waals surface area contributed by atoms with Crippen LogP contribution >= 0.6 is 11.3 Å². The molecule has 0 radical (unpaired) electrons. The Morgan fingerprint density at radius 1 is 1.35 bits per heavy atom. The first-order valence-electron chi connectivity index (χ1n) is 5.97. The number of rotatable bonds is 2. The highest BCUT2D eigenvalue weighted by molar-refractivity contribution is 7.13. The lowest BCUT2D eigenvalue weighted by atomic mass is 10.2. The zero-order valence-corrected chi connectivity index (χ0v) is 11.8. The van der Waals surface area contributed by atoms with E-state index in [4.69, 9.17) is 15.2 Å². The molecule has 0 saturated carbocycles. The summed E-state index contributed by atoms with van der Waals surface area (Å²) in [5.74, 6) is 0.265. The second-order valence-corrected chi connectivity index (χ2v) is 5.68. The molecule has 0 atom stereocenters. The number of carbonyl (C=O) groups is 1. The SMILES string of the molecule is CC1(C)Oc2ccc(NC(=O)c3csc(N)n3)cc2O1. The molecule has 1 aliphatic heterocycles. The average molecular weight is 291 g/mol. The van der Waals surface area contributed by atoms with E-state index >= 15 is 0 Å². The maximum absolute atomic E-state index is 12.0. The Hall–Kier alpha value is -2.28. The fourth-order valence-electron chi connectivity index (χ4n) is 1.89. The number of anilines is 2. The van der Waals surface area contributed by atoms with Gasteiger partial charge in [0.2, 0.25) is 5.79 Å². The number of thiazole rings is 1. The second kappa shape index (κ2) is 4.38. The van der Waals surface area contributed by atoms with Gasteiger partial charge in [-0.1, -0.05) is 0 Å². The minimum Gasteiger partial charge on any atom is -0.449 e. The summed E-state index contributed by atoms with van der Waals surface area (Å²) in [7, 11) is 0. The zero-order valence-electron chi connectivity index (χ0n) is 11.0. The van der Waals surface area contributed by atoms with E-state index in [0.29, 0.717) is 28.0 Å². The van der Waals surface area contributed by atoms with Gasteiger partial charge in [0, 0.05) is 31.0 Å². The second-order valence-electron chi connectivity index (χ2n) is 4.79.